The van der Waals surface area contributed by atoms with Gasteiger partial charge >= 0.3 is 0 Å². The Labute approximate surface area is 169 Å². The largest absolute Gasteiger partial charge is 0.337 e. The molecule has 0 fully saturated rings. The lowest BCUT2D eigenvalue weighted by Crippen LogP contribution is -2.20. The van der Waals surface area contributed by atoms with E-state index in [0.717, 1.165) is 10.9 Å². The number of aromatic nitrogens is 4. The topological polar surface area (TPSA) is 107 Å². The second kappa shape index (κ2) is 6.93. The van der Waals surface area contributed by atoms with Gasteiger partial charge < -0.3 is 4.98 Å². The Balaban J connectivity index is 1.71. The van der Waals surface area contributed by atoms with E-state index in [-0.39, 0.29) is 11.2 Å². The molecule has 0 saturated heterocycles. The van der Waals surface area contributed by atoms with Crippen LogP contribution in [0.15, 0.2) is 77.7 Å². The van der Waals surface area contributed by atoms with Crippen LogP contribution in [0.2, 0.25) is 0 Å². The SMILES string of the molecule is O=c1c2[nH]c(Cc3cccc([N+](=O)[O-])c3)nc2c2cccnc2n1-c1ccccc1. The highest BCUT2D eigenvalue weighted by atomic mass is 16.6. The Kier molecular flexibility index (Phi) is 4.10. The molecule has 0 aliphatic carbocycles. The summed E-state index contributed by atoms with van der Waals surface area (Å²) in [4.78, 5) is 36.1. The summed E-state index contributed by atoms with van der Waals surface area (Å²) in [5.74, 6) is 0.554. The van der Waals surface area contributed by atoms with Gasteiger partial charge in [-0.1, -0.05) is 30.3 Å². The van der Waals surface area contributed by atoms with Gasteiger partial charge in [-0.05, 0) is 29.8 Å². The third-order valence-electron chi connectivity index (χ3n) is 4.93. The van der Waals surface area contributed by atoms with Gasteiger partial charge in [0.1, 0.15) is 22.5 Å². The molecule has 1 N–H and O–H groups in total. The van der Waals surface area contributed by atoms with E-state index in [1.54, 1.807) is 29.0 Å². The second-order valence-electron chi connectivity index (χ2n) is 6.86. The average Bonchev–Trinajstić information content (AvgIpc) is 3.19. The molecule has 0 unspecified atom stereocenters. The van der Waals surface area contributed by atoms with Gasteiger partial charge in [-0.25, -0.2) is 9.97 Å². The Hall–Kier alpha value is -4.33. The Morgan fingerprint density at radius 1 is 1.03 bits per heavy atom. The van der Waals surface area contributed by atoms with E-state index in [1.807, 2.05) is 36.4 Å². The van der Waals surface area contributed by atoms with Gasteiger partial charge in [0.15, 0.2) is 0 Å². The molecular weight excluding hydrogens is 382 g/mol. The summed E-state index contributed by atoms with van der Waals surface area (Å²) < 4.78 is 1.56. The minimum absolute atomic E-state index is 0.0182. The fourth-order valence-corrected chi connectivity index (χ4v) is 3.61. The number of imidazole rings is 1. The number of fused-ring (bicyclic) bond motifs is 3. The summed E-state index contributed by atoms with van der Waals surface area (Å²) >= 11 is 0. The smallest absolute Gasteiger partial charge is 0.282 e. The van der Waals surface area contributed by atoms with Crippen LogP contribution < -0.4 is 5.56 Å². The summed E-state index contributed by atoms with van der Waals surface area (Å²) in [5, 5.41) is 11.8. The molecule has 0 radical (unpaired) electrons. The van der Waals surface area contributed by atoms with E-state index in [2.05, 4.69) is 15.0 Å². The maximum absolute atomic E-state index is 13.3. The van der Waals surface area contributed by atoms with Gasteiger partial charge in [0.2, 0.25) is 0 Å². The van der Waals surface area contributed by atoms with Crippen molar-refractivity contribution >= 4 is 27.8 Å². The van der Waals surface area contributed by atoms with Gasteiger partial charge in [-0.2, -0.15) is 0 Å². The molecule has 0 atom stereocenters. The summed E-state index contributed by atoms with van der Waals surface area (Å²) in [6, 6.07) is 19.4. The molecule has 2 aromatic carbocycles. The van der Waals surface area contributed by atoms with E-state index in [4.69, 9.17) is 0 Å². The fraction of sp³-hybridized carbons (Fsp3) is 0.0455. The molecule has 5 aromatic rings. The van der Waals surface area contributed by atoms with Gasteiger partial charge in [0.25, 0.3) is 11.2 Å². The highest BCUT2D eigenvalue weighted by molar-refractivity contribution is 6.01. The molecule has 30 heavy (non-hydrogen) atoms. The molecule has 5 rings (SSSR count). The Morgan fingerprint density at radius 3 is 2.67 bits per heavy atom. The van der Waals surface area contributed by atoms with Crippen LogP contribution in [0.1, 0.15) is 11.4 Å². The lowest BCUT2D eigenvalue weighted by Gasteiger charge is -2.09. The summed E-state index contributed by atoms with van der Waals surface area (Å²) in [6.45, 7) is 0. The van der Waals surface area contributed by atoms with E-state index < -0.39 is 4.92 Å². The van der Waals surface area contributed by atoms with Crippen LogP contribution in [0.25, 0.3) is 27.8 Å². The monoisotopic (exact) mass is 397 g/mol. The predicted octanol–water partition coefficient (Wildman–Crippen LogP) is 3.76. The lowest BCUT2D eigenvalue weighted by molar-refractivity contribution is -0.384. The van der Waals surface area contributed by atoms with Crippen LogP contribution in [0.3, 0.4) is 0 Å². The van der Waals surface area contributed by atoms with E-state index in [1.165, 1.54) is 12.1 Å². The predicted molar refractivity (Wildman–Crippen MR) is 113 cm³/mol. The zero-order chi connectivity index (χ0) is 20.7. The first-order chi connectivity index (χ1) is 14.6. The molecule has 3 heterocycles. The molecule has 146 valence electrons. The van der Waals surface area contributed by atoms with Crippen LogP contribution in [0.4, 0.5) is 5.69 Å². The molecule has 8 heteroatoms. The number of pyridine rings is 2. The molecular formula is C22H15N5O3. The number of para-hydroxylation sites is 1. The van der Waals surface area contributed by atoms with Crippen LogP contribution in [-0.2, 0) is 6.42 Å². The maximum Gasteiger partial charge on any atom is 0.282 e. The second-order valence-corrected chi connectivity index (χ2v) is 6.86. The van der Waals surface area contributed by atoms with E-state index in [9.17, 15) is 14.9 Å². The third kappa shape index (κ3) is 2.91. The number of nitro groups is 1. The Bertz CT molecular complexity index is 1470. The first-order valence-electron chi connectivity index (χ1n) is 9.29. The number of nitro benzene ring substituents is 1. The zero-order valence-corrected chi connectivity index (χ0v) is 15.6. The number of non-ortho nitro benzene ring substituents is 1. The van der Waals surface area contributed by atoms with Gasteiger partial charge in [0.05, 0.1) is 10.6 Å². The molecule has 0 saturated carbocycles. The molecule has 0 aliphatic heterocycles. The summed E-state index contributed by atoms with van der Waals surface area (Å²) in [6.07, 6.45) is 1.98. The molecule has 0 bridgehead atoms. The van der Waals surface area contributed by atoms with Crippen molar-refractivity contribution in [1.82, 2.24) is 19.5 Å². The van der Waals surface area contributed by atoms with Crippen molar-refractivity contribution in [2.75, 3.05) is 0 Å². The highest BCUT2D eigenvalue weighted by Crippen LogP contribution is 2.23. The Morgan fingerprint density at radius 2 is 1.87 bits per heavy atom. The standard InChI is InChI=1S/C22H15N5O3/c28-22-20-19(24-18(25-20)13-14-6-4-9-16(12-14)27(29)30)17-10-5-11-23-21(17)26(22)15-7-2-1-3-8-15/h1-12H,13H2,(H,24,25). The van der Waals surface area contributed by atoms with Crippen molar-refractivity contribution in [3.8, 4) is 5.69 Å². The quantitative estimate of drug-likeness (QED) is 0.367. The van der Waals surface area contributed by atoms with Crippen LogP contribution in [-0.4, -0.2) is 24.4 Å². The molecule has 0 aliphatic rings. The van der Waals surface area contributed by atoms with Crippen molar-refractivity contribution in [3.05, 3.63) is 105 Å². The number of nitrogens with zero attached hydrogens (tertiary/aromatic N) is 4. The number of hydrogen-bond acceptors (Lipinski definition) is 5. The first-order valence-corrected chi connectivity index (χ1v) is 9.29. The van der Waals surface area contributed by atoms with E-state index in [0.29, 0.717) is 34.6 Å². The number of aromatic amines is 1. The number of H-pyrrole nitrogens is 1. The number of nitrogens with one attached hydrogen (secondary N) is 1. The summed E-state index contributed by atoms with van der Waals surface area (Å²) in [5.41, 5.74) is 2.65. The van der Waals surface area contributed by atoms with Crippen molar-refractivity contribution in [3.63, 3.8) is 0 Å². The van der Waals surface area contributed by atoms with Gasteiger partial charge in [-0.3, -0.25) is 19.5 Å². The van der Waals surface area contributed by atoms with Crippen molar-refractivity contribution in [2.45, 2.75) is 6.42 Å². The minimum atomic E-state index is -0.431. The van der Waals surface area contributed by atoms with Gasteiger partial charge in [0, 0.05) is 30.1 Å². The van der Waals surface area contributed by atoms with Gasteiger partial charge in [-0.15, -0.1) is 0 Å². The fourth-order valence-electron chi connectivity index (χ4n) is 3.61. The van der Waals surface area contributed by atoms with Crippen molar-refractivity contribution in [1.29, 1.82) is 0 Å². The molecule has 8 nitrogen and oxygen atoms in total. The normalized spacial score (nSPS) is 11.2. The summed E-state index contributed by atoms with van der Waals surface area (Å²) in [7, 11) is 0. The van der Waals surface area contributed by atoms with Crippen LogP contribution in [0, 0.1) is 10.1 Å². The van der Waals surface area contributed by atoms with Crippen molar-refractivity contribution < 1.29 is 4.92 Å². The van der Waals surface area contributed by atoms with E-state index >= 15 is 0 Å². The lowest BCUT2D eigenvalue weighted by atomic mass is 10.1. The van der Waals surface area contributed by atoms with Crippen LogP contribution >= 0.6 is 0 Å². The molecule has 0 spiro atoms. The number of rotatable bonds is 4. The minimum Gasteiger partial charge on any atom is -0.337 e. The molecule has 3 aromatic heterocycles. The zero-order valence-electron chi connectivity index (χ0n) is 15.6. The maximum atomic E-state index is 13.3. The van der Waals surface area contributed by atoms with Crippen LogP contribution in [0.5, 0.6) is 0 Å². The third-order valence-corrected chi connectivity index (χ3v) is 4.93. The van der Waals surface area contributed by atoms with Crippen molar-refractivity contribution in [2.24, 2.45) is 0 Å². The number of benzene rings is 2. The molecule has 0 amide bonds. The average molecular weight is 397 g/mol. The highest BCUT2D eigenvalue weighted by Gasteiger charge is 2.17. The first kappa shape index (κ1) is 17.7. The number of hydrogen-bond donors (Lipinski definition) is 1.